The Kier molecular flexibility index (Phi) is 6.01. The molecule has 0 aliphatic heterocycles. The fraction of sp³-hybridized carbons (Fsp3) is 0.520. The lowest BCUT2D eigenvalue weighted by Gasteiger charge is -2.62. The second kappa shape index (κ2) is 8.54. The molecule has 1 heterocycles. The van der Waals surface area contributed by atoms with Crippen LogP contribution in [0.25, 0.3) is 10.1 Å². The molecule has 160 valence electrons. The van der Waals surface area contributed by atoms with Gasteiger partial charge in [-0.2, -0.15) is 0 Å². The van der Waals surface area contributed by atoms with E-state index in [0.29, 0.717) is 29.6 Å². The number of carboxylic acids is 1. The van der Waals surface area contributed by atoms with Gasteiger partial charge in [-0.3, -0.25) is 9.59 Å². The lowest BCUT2D eigenvalue weighted by atomic mass is 9.44. The fourth-order valence-corrected chi connectivity index (χ4v) is 6.52. The lowest BCUT2D eigenvalue weighted by molar-refractivity contribution is -0.137. The highest BCUT2D eigenvalue weighted by Crippen LogP contribution is 2.62. The van der Waals surface area contributed by atoms with Crippen molar-refractivity contribution in [1.29, 1.82) is 0 Å². The predicted octanol–water partition coefficient (Wildman–Crippen LogP) is 5.88. The summed E-state index contributed by atoms with van der Waals surface area (Å²) in [6.45, 7) is 4.75. The molecule has 5 rings (SSSR count). The van der Waals surface area contributed by atoms with Gasteiger partial charge >= 0.3 is 5.97 Å². The van der Waals surface area contributed by atoms with Crippen molar-refractivity contribution in [1.82, 2.24) is 5.32 Å². The number of unbranched alkanes of at least 4 members (excludes halogenated alkanes) is 1. The van der Waals surface area contributed by atoms with Crippen molar-refractivity contribution in [3.8, 4) is 0 Å². The molecule has 30 heavy (non-hydrogen) atoms. The number of thiophene rings is 1. The Morgan fingerprint density at radius 2 is 2.03 bits per heavy atom. The Morgan fingerprint density at radius 3 is 2.80 bits per heavy atom. The van der Waals surface area contributed by atoms with E-state index in [1.54, 1.807) is 11.3 Å². The van der Waals surface area contributed by atoms with E-state index >= 15 is 0 Å². The first-order valence-electron chi connectivity index (χ1n) is 11.0. The first-order chi connectivity index (χ1) is 14.4. The Bertz CT molecular complexity index is 960. The largest absolute Gasteiger partial charge is 0.481 e. The van der Waals surface area contributed by atoms with E-state index in [9.17, 15) is 9.59 Å². The molecule has 0 spiro atoms. The van der Waals surface area contributed by atoms with Crippen LogP contribution in [0.4, 0.5) is 0 Å². The summed E-state index contributed by atoms with van der Waals surface area (Å²) in [6.07, 6.45) is 9.29. The van der Waals surface area contributed by atoms with Crippen molar-refractivity contribution in [2.45, 2.75) is 58.4 Å². The Labute approximate surface area is 182 Å². The number of benzene rings is 1. The Hall–Kier alpha value is -2.14. The lowest BCUT2D eigenvalue weighted by Crippen LogP contribution is -2.61. The summed E-state index contributed by atoms with van der Waals surface area (Å²) in [7, 11) is 0. The van der Waals surface area contributed by atoms with Crippen molar-refractivity contribution in [2.75, 3.05) is 0 Å². The molecule has 3 aliphatic carbocycles. The fourth-order valence-electron chi connectivity index (χ4n) is 5.58. The summed E-state index contributed by atoms with van der Waals surface area (Å²) >= 11 is 1.62. The van der Waals surface area contributed by atoms with E-state index in [1.807, 2.05) is 23.6 Å². The van der Waals surface area contributed by atoms with Crippen molar-refractivity contribution < 1.29 is 14.7 Å². The molecule has 4 atom stereocenters. The molecule has 2 aromatic rings. The minimum atomic E-state index is -0.735. The van der Waals surface area contributed by atoms with E-state index in [2.05, 4.69) is 37.4 Å². The summed E-state index contributed by atoms with van der Waals surface area (Å²) in [5.74, 6) is 1.07. The smallest absolute Gasteiger partial charge is 0.303 e. The molecule has 2 bridgehead atoms. The van der Waals surface area contributed by atoms with Gasteiger partial charge in [-0.25, -0.2) is 0 Å². The predicted molar refractivity (Wildman–Crippen MR) is 122 cm³/mol. The molecule has 0 unspecified atom stereocenters. The van der Waals surface area contributed by atoms with Gasteiger partial charge in [0.05, 0.1) is 5.56 Å². The minimum absolute atomic E-state index is 0.0481. The van der Waals surface area contributed by atoms with E-state index in [0.717, 1.165) is 34.9 Å². The van der Waals surface area contributed by atoms with Crippen molar-refractivity contribution in [2.24, 2.45) is 23.2 Å². The molecular weight excluding hydrogens is 394 g/mol. The highest BCUT2D eigenvalue weighted by atomic mass is 32.1. The molecule has 4 nitrogen and oxygen atoms in total. The number of carbonyl (C=O) groups excluding carboxylic acids is 1. The maximum atomic E-state index is 13.1. The normalized spacial score (nSPS) is 27.1. The number of carboxylic acid groups (broad SMARTS) is 1. The first kappa shape index (κ1) is 21.1. The van der Waals surface area contributed by atoms with Crippen LogP contribution < -0.4 is 5.32 Å². The highest BCUT2D eigenvalue weighted by Gasteiger charge is 2.57. The third-order valence-electron chi connectivity index (χ3n) is 7.50. The average Bonchev–Trinajstić information content (AvgIpc) is 3.15. The molecule has 3 saturated carbocycles. The molecule has 3 aliphatic rings. The molecule has 1 amide bonds. The van der Waals surface area contributed by atoms with Crippen molar-refractivity contribution >= 4 is 33.3 Å². The summed E-state index contributed by atoms with van der Waals surface area (Å²) in [5.41, 5.74) is 1.13. The number of allylic oxidation sites excluding steroid dienone is 2. The molecule has 0 radical (unpaired) electrons. The van der Waals surface area contributed by atoms with Gasteiger partial charge in [-0.05, 0) is 61.3 Å². The van der Waals surface area contributed by atoms with E-state index in [1.165, 1.54) is 6.42 Å². The second-order valence-corrected chi connectivity index (χ2v) is 10.4. The molecule has 3 fully saturated rings. The zero-order valence-corrected chi connectivity index (χ0v) is 18.6. The monoisotopic (exact) mass is 425 g/mol. The minimum Gasteiger partial charge on any atom is -0.481 e. The third-order valence-corrected chi connectivity index (χ3v) is 8.46. The van der Waals surface area contributed by atoms with Gasteiger partial charge in [-0.1, -0.05) is 44.2 Å². The zero-order valence-electron chi connectivity index (χ0n) is 17.8. The number of hydrogen-bond acceptors (Lipinski definition) is 3. The van der Waals surface area contributed by atoms with Crippen LogP contribution in [0, 0.1) is 23.2 Å². The maximum absolute atomic E-state index is 13.1. The number of amides is 1. The van der Waals surface area contributed by atoms with Crippen LogP contribution in [-0.2, 0) is 4.79 Å². The topological polar surface area (TPSA) is 66.4 Å². The standard InChI is InChI=1S/C25H31NO3S/c1-25(2)16-13-20(25)18(10-5-3-4-6-12-23(27)28)21(14-16)26-24(29)19-15-30-22-11-8-7-9-17(19)22/h3,5,7-9,11,15-16,18,20-21H,4,6,10,12-14H2,1-2H3,(H,26,29)(H,27,28)/b5-3-/t16-,18-,20+,21-/m1/s1. The Balaban J connectivity index is 1.43. The summed E-state index contributed by atoms with van der Waals surface area (Å²) in [6, 6.07) is 8.29. The van der Waals surface area contributed by atoms with Crippen LogP contribution in [-0.4, -0.2) is 23.0 Å². The van der Waals surface area contributed by atoms with Crippen LogP contribution in [0.2, 0.25) is 0 Å². The number of aliphatic carboxylic acids is 1. The highest BCUT2D eigenvalue weighted by molar-refractivity contribution is 7.17. The zero-order chi connectivity index (χ0) is 21.3. The van der Waals surface area contributed by atoms with Gasteiger partial charge in [0, 0.05) is 27.9 Å². The van der Waals surface area contributed by atoms with Gasteiger partial charge in [0.2, 0.25) is 0 Å². The first-order valence-corrected chi connectivity index (χ1v) is 11.9. The number of rotatable bonds is 8. The molecule has 0 saturated heterocycles. The van der Waals surface area contributed by atoms with Crippen LogP contribution in [0.5, 0.6) is 0 Å². The number of nitrogens with one attached hydrogen (secondary N) is 1. The van der Waals surface area contributed by atoms with E-state index in [4.69, 9.17) is 5.11 Å². The summed E-state index contributed by atoms with van der Waals surface area (Å²) in [4.78, 5) is 23.8. The molecule has 5 heteroatoms. The van der Waals surface area contributed by atoms with Crippen LogP contribution in [0.3, 0.4) is 0 Å². The van der Waals surface area contributed by atoms with Gasteiger partial charge < -0.3 is 10.4 Å². The quantitative estimate of drug-likeness (QED) is 0.410. The Morgan fingerprint density at radius 1 is 1.23 bits per heavy atom. The third kappa shape index (κ3) is 4.04. The van der Waals surface area contributed by atoms with Crippen molar-refractivity contribution in [3.05, 3.63) is 47.4 Å². The number of hydrogen-bond donors (Lipinski definition) is 2. The van der Waals surface area contributed by atoms with Crippen LogP contribution >= 0.6 is 11.3 Å². The second-order valence-electron chi connectivity index (χ2n) is 9.48. The number of fused-ring (bicyclic) bond motifs is 3. The molecule has 1 aromatic carbocycles. The van der Waals surface area contributed by atoms with E-state index in [-0.39, 0.29) is 18.4 Å². The van der Waals surface area contributed by atoms with Gasteiger partial charge in [-0.15, -0.1) is 11.3 Å². The van der Waals surface area contributed by atoms with Crippen LogP contribution in [0.15, 0.2) is 41.8 Å². The van der Waals surface area contributed by atoms with Crippen molar-refractivity contribution in [3.63, 3.8) is 0 Å². The van der Waals surface area contributed by atoms with Gasteiger partial charge in [0.25, 0.3) is 5.91 Å². The molecular formula is C25H31NO3S. The SMILES string of the molecule is CC1(C)[C@H]2C[C@@H](NC(=O)c3csc4ccccc34)[C@H](C/C=C\CCCC(=O)O)[C@@H]1C2. The summed E-state index contributed by atoms with van der Waals surface area (Å²) in [5, 5.41) is 15.2. The molecule has 2 N–H and O–H groups in total. The van der Waals surface area contributed by atoms with Crippen LogP contribution in [0.1, 0.15) is 62.7 Å². The van der Waals surface area contributed by atoms with Gasteiger partial charge in [0.1, 0.15) is 0 Å². The van der Waals surface area contributed by atoms with E-state index < -0.39 is 5.97 Å². The average molecular weight is 426 g/mol. The number of carbonyl (C=O) groups is 2. The molecule has 1 aromatic heterocycles. The maximum Gasteiger partial charge on any atom is 0.303 e. The van der Waals surface area contributed by atoms with Gasteiger partial charge in [0.15, 0.2) is 0 Å². The summed E-state index contributed by atoms with van der Waals surface area (Å²) < 4.78 is 1.15.